The lowest BCUT2D eigenvalue weighted by molar-refractivity contribution is 0.111. The Labute approximate surface area is 114 Å². The van der Waals surface area contributed by atoms with E-state index < -0.39 is 0 Å². The summed E-state index contributed by atoms with van der Waals surface area (Å²) in [6, 6.07) is 4.41. The molecule has 0 spiro atoms. The van der Waals surface area contributed by atoms with Crippen LogP contribution in [0, 0.1) is 0 Å². The molecule has 0 bridgehead atoms. The van der Waals surface area contributed by atoms with Gasteiger partial charge in [0.1, 0.15) is 0 Å². The summed E-state index contributed by atoms with van der Waals surface area (Å²) in [6.45, 7) is 5.33. The van der Waals surface area contributed by atoms with Gasteiger partial charge in [-0.25, -0.2) is 0 Å². The molecule has 0 unspecified atom stereocenters. The van der Waals surface area contributed by atoms with Gasteiger partial charge in [0.15, 0.2) is 0 Å². The third kappa shape index (κ3) is 5.93. The maximum Gasteiger partial charge on any atom is 0.0589 e. The molecule has 1 rings (SSSR count). The third-order valence-electron chi connectivity index (χ3n) is 2.67. The Bertz CT molecular complexity index is 310. The van der Waals surface area contributed by atoms with Crippen LogP contribution in [0.1, 0.15) is 9.75 Å². The van der Waals surface area contributed by atoms with E-state index in [4.69, 9.17) is 9.47 Å². The summed E-state index contributed by atoms with van der Waals surface area (Å²) in [5, 5.41) is 3.18. The van der Waals surface area contributed by atoms with Crippen LogP contribution in [0.5, 0.6) is 0 Å². The molecule has 0 aliphatic heterocycles. The molecule has 1 aromatic heterocycles. The number of methoxy groups -OCH3 is 2. The molecule has 0 fully saturated rings. The van der Waals surface area contributed by atoms with Crippen molar-refractivity contribution in [1.82, 2.24) is 10.2 Å². The van der Waals surface area contributed by atoms with Crippen molar-refractivity contribution >= 4 is 11.3 Å². The molecule has 0 radical (unpaired) electrons. The predicted octanol–water partition coefficient (Wildman–Crippen LogP) is 1.56. The average molecular weight is 272 g/mol. The monoisotopic (exact) mass is 272 g/mol. The van der Waals surface area contributed by atoms with Gasteiger partial charge in [0, 0.05) is 50.2 Å². The smallest absolute Gasteiger partial charge is 0.0589 e. The van der Waals surface area contributed by atoms with Crippen LogP contribution in [-0.2, 0) is 22.6 Å². The van der Waals surface area contributed by atoms with E-state index in [1.54, 1.807) is 14.2 Å². The fraction of sp³-hybridized carbons (Fsp3) is 0.692. The molecule has 18 heavy (non-hydrogen) atoms. The van der Waals surface area contributed by atoms with Gasteiger partial charge in [-0.2, -0.15) is 0 Å². The SMILES string of the molecule is CNCc1ccc(CN(CCOC)CCOC)s1. The summed E-state index contributed by atoms with van der Waals surface area (Å²) >= 11 is 1.87. The van der Waals surface area contributed by atoms with E-state index in [0.29, 0.717) is 0 Å². The summed E-state index contributed by atoms with van der Waals surface area (Å²) in [4.78, 5) is 5.14. The van der Waals surface area contributed by atoms with Crippen molar-refractivity contribution in [3.63, 3.8) is 0 Å². The zero-order valence-electron chi connectivity index (χ0n) is 11.6. The molecule has 0 amide bonds. The van der Waals surface area contributed by atoms with Crippen molar-refractivity contribution in [3.05, 3.63) is 21.9 Å². The fourth-order valence-electron chi connectivity index (χ4n) is 1.71. The highest BCUT2D eigenvalue weighted by atomic mass is 32.1. The number of ether oxygens (including phenoxy) is 2. The Balaban J connectivity index is 2.46. The van der Waals surface area contributed by atoms with Gasteiger partial charge in [-0.3, -0.25) is 4.90 Å². The van der Waals surface area contributed by atoms with Crippen molar-refractivity contribution in [1.29, 1.82) is 0 Å². The van der Waals surface area contributed by atoms with E-state index in [9.17, 15) is 0 Å². The van der Waals surface area contributed by atoms with Crippen LogP contribution in [0.4, 0.5) is 0 Å². The lowest BCUT2D eigenvalue weighted by atomic mass is 10.3. The van der Waals surface area contributed by atoms with Crippen molar-refractivity contribution in [2.45, 2.75) is 13.1 Å². The molecule has 1 N–H and O–H groups in total. The first-order chi connectivity index (χ1) is 8.80. The number of hydrogen-bond acceptors (Lipinski definition) is 5. The minimum Gasteiger partial charge on any atom is -0.383 e. The first-order valence-electron chi connectivity index (χ1n) is 6.22. The third-order valence-corrected chi connectivity index (χ3v) is 3.74. The molecule has 5 heteroatoms. The lowest BCUT2D eigenvalue weighted by Crippen LogP contribution is -2.29. The second-order valence-electron chi connectivity index (χ2n) is 4.16. The van der Waals surface area contributed by atoms with Crippen LogP contribution < -0.4 is 5.32 Å². The van der Waals surface area contributed by atoms with Crippen molar-refractivity contribution in [2.24, 2.45) is 0 Å². The summed E-state index contributed by atoms with van der Waals surface area (Å²) in [5.74, 6) is 0. The van der Waals surface area contributed by atoms with Crippen LogP contribution in [0.3, 0.4) is 0 Å². The quantitative estimate of drug-likeness (QED) is 0.701. The normalized spacial score (nSPS) is 11.3. The largest absolute Gasteiger partial charge is 0.383 e. The average Bonchev–Trinajstić information content (AvgIpc) is 2.80. The van der Waals surface area contributed by atoms with Crippen LogP contribution in [-0.4, -0.2) is 52.5 Å². The standard InChI is InChI=1S/C13H24N2O2S/c1-14-10-12-4-5-13(18-12)11-15(6-8-16-2)7-9-17-3/h4-5,14H,6-11H2,1-3H3. The number of thiophene rings is 1. The van der Waals surface area contributed by atoms with Crippen LogP contribution >= 0.6 is 11.3 Å². The van der Waals surface area contributed by atoms with Gasteiger partial charge in [0.2, 0.25) is 0 Å². The first kappa shape index (κ1) is 15.6. The Morgan fingerprint density at radius 1 is 1.11 bits per heavy atom. The summed E-state index contributed by atoms with van der Waals surface area (Å²) < 4.78 is 10.3. The minimum atomic E-state index is 0.762. The van der Waals surface area contributed by atoms with Gasteiger partial charge in [-0.05, 0) is 19.2 Å². The van der Waals surface area contributed by atoms with Crippen LogP contribution in [0.25, 0.3) is 0 Å². The maximum absolute atomic E-state index is 5.14. The van der Waals surface area contributed by atoms with E-state index in [0.717, 1.165) is 39.4 Å². The van der Waals surface area contributed by atoms with Gasteiger partial charge >= 0.3 is 0 Å². The summed E-state index contributed by atoms with van der Waals surface area (Å²) in [5.41, 5.74) is 0. The van der Waals surface area contributed by atoms with E-state index in [1.807, 2.05) is 18.4 Å². The Kier molecular flexibility index (Phi) is 8.20. The van der Waals surface area contributed by atoms with Crippen LogP contribution in [0.2, 0.25) is 0 Å². The number of rotatable bonds is 10. The molecule has 1 aromatic rings. The maximum atomic E-state index is 5.14. The second-order valence-corrected chi connectivity index (χ2v) is 5.41. The fourth-order valence-corrected chi connectivity index (χ4v) is 2.78. The van der Waals surface area contributed by atoms with E-state index in [1.165, 1.54) is 9.75 Å². The Morgan fingerprint density at radius 2 is 1.72 bits per heavy atom. The van der Waals surface area contributed by atoms with Crippen molar-refractivity contribution in [3.8, 4) is 0 Å². The number of nitrogens with zero attached hydrogens (tertiary/aromatic N) is 1. The zero-order valence-corrected chi connectivity index (χ0v) is 12.4. The first-order valence-corrected chi connectivity index (χ1v) is 7.04. The van der Waals surface area contributed by atoms with Gasteiger partial charge < -0.3 is 14.8 Å². The zero-order chi connectivity index (χ0) is 13.2. The van der Waals surface area contributed by atoms with Gasteiger partial charge in [0.25, 0.3) is 0 Å². The van der Waals surface area contributed by atoms with Crippen molar-refractivity contribution in [2.75, 3.05) is 47.6 Å². The topological polar surface area (TPSA) is 33.7 Å². The van der Waals surface area contributed by atoms with Crippen molar-refractivity contribution < 1.29 is 9.47 Å². The molecule has 0 saturated heterocycles. The van der Waals surface area contributed by atoms with Gasteiger partial charge in [0.05, 0.1) is 13.2 Å². The summed E-state index contributed by atoms with van der Waals surface area (Å²) in [7, 11) is 5.46. The minimum absolute atomic E-state index is 0.762. The molecule has 0 aliphatic rings. The summed E-state index contributed by atoms with van der Waals surface area (Å²) in [6.07, 6.45) is 0. The molecular formula is C13H24N2O2S. The highest BCUT2D eigenvalue weighted by molar-refractivity contribution is 7.11. The van der Waals surface area contributed by atoms with E-state index in [-0.39, 0.29) is 0 Å². The molecule has 0 aromatic carbocycles. The Hall–Kier alpha value is -0.460. The highest BCUT2D eigenvalue weighted by Gasteiger charge is 2.07. The second kappa shape index (κ2) is 9.47. The van der Waals surface area contributed by atoms with Crippen LogP contribution in [0.15, 0.2) is 12.1 Å². The molecule has 4 nitrogen and oxygen atoms in total. The molecule has 0 saturated carbocycles. The lowest BCUT2D eigenvalue weighted by Gasteiger charge is -2.20. The van der Waals surface area contributed by atoms with Gasteiger partial charge in [-0.15, -0.1) is 11.3 Å². The molecular weight excluding hydrogens is 248 g/mol. The molecule has 0 aliphatic carbocycles. The number of nitrogens with one attached hydrogen (secondary N) is 1. The molecule has 1 heterocycles. The van der Waals surface area contributed by atoms with Gasteiger partial charge in [-0.1, -0.05) is 0 Å². The number of hydrogen-bond donors (Lipinski definition) is 1. The Morgan fingerprint density at radius 3 is 2.28 bits per heavy atom. The van der Waals surface area contributed by atoms with E-state index >= 15 is 0 Å². The highest BCUT2D eigenvalue weighted by Crippen LogP contribution is 2.18. The predicted molar refractivity (Wildman–Crippen MR) is 76.1 cm³/mol. The molecule has 104 valence electrons. The van der Waals surface area contributed by atoms with E-state index in [2.05, 4.69) is 22.3 Å². The molecule has 0 atom stereocenters.